The average molecular weight is 219 g/mol. The monoisotopic (exact) mass is 219 g/mol. The van der Waals surface area contributed by atoms with Crippen molar-refractivity contribution in [3.63, 3.8) is 0 Å². The Morgan fingerprint density at radius 2 is 2.13 bits per heavy atom. The van der Waals surface area contributed by atoms with E-state index in [2.05, 4.69) is 10.3 Å². The molecule has 0 fully saturated rings. The quantitative estimate of drug-likeness (QED) is 0.820. The maximum Gasteiger partial charge on any atom is 0.390 e. The van der Waals surface area contributed by atoms with Crippen molar-refractivity contribution in [3.05, 3.63) is 17.8 Å². The number of anilines is 2. The summed E-state index contributed by atoms with van der Waals surface area (Å²) in [6.45, 7) is 1.56. The van der Waals surface area contributed by atoms with Crippen molar-refractivity contribution in [2.75, 3.05) is 17.6 Å². The molecule has 0 radical (unpaired) electrons. The molecule has 0 bridgehead atoms. The third kappa shape index (κ3) is 4.05. The molecule has 0 aliphatic carbocycles. The van der Waals surface area contributed by atoms with E-state index in [-0.39, 0.29) is 6.54 Å². The van der Waals surface area contributed by atoms with Crippen LogP contribution in [-0.2, 0) is 0 Å². The number of nitrogens with one attached hydrogen (secondary N) is 1. The van der Waals surface area contributed by atoms with Gasteiger partial charge in [0.25, 0.3) is 0 Å². The van der Waals surface area contributed by atoms with E-state index < -0.39 is 12.6 Å². The molecule has 0 atom stereocenters. The fourth-order valence-electron chi connectivity index (χ4n) is 1.10. The van der Waals surface area contributed by atoms with Crippen LogP contribution >= 0.6 is 0 Å². The SMILES string of the molecule is Cc1cc(N)cnc1NCCC(F)(F)F. The van der Waals surface area contributed by atoms with Gasteiger partial charge in [-0.15, -0.1) is 0 Å². The number of rotatable bonds is 3. The first-order valence-corrected chi connectivity index (χ1v) is 4.41. The molecule has 1 aromatic heterocycles. The summed E-state index contributed by atoms with van der Waals surface area (Å²) in [5.74, 6) is 0.438. The minimum atomic E-state index is -4.14. The molecule has 3 N–H and O–H groups in total. The predicted octanol–water partition coefficient (Wildman–Crippen LogP) is 2.34. The van der Waals surface area contributed by atoms with E-state index >= 15 is 0 Å². The van der Waals surface area contributed by atoms with Crippen LogP contribution in [0.2, 0.25) is 0 Å². The van der Waals surface area contributed by atoms with E-state index in [9.17, 15) is 13.2 Å². The zero-order valence-corrected chi connectivity index (χ0v) is 8.23. The molecule has 0 saturated heterocycles. The summed E-state index contributed by atoms with van der Waals surface area (Å²) < 4.78 is 35.5. The van der Waals surface area contributed by atoms with E-state index in [1.165, 1.54) is 6.20 Å². The first-order chi connectivity index (χ1) is 6.88. The van der Waals surface area contributed by atoms with Gasteiger partial charge in [0.05, 0.1) is 18.3 Å². The van der Waals surface area contributed by atoms with Crippen molar-refractivity contribution in [2.45, 2.75) is 19.5 Å². The molecule has 6 heteroatoms. The van der Waals surface area contributed by atoms with Crippen LogP contribution in [0.3, 0.4) is 0 Å². The van der Waals surface area contributed by atoms with Crippen molar-refractivity contribution in [1.82, 2.24) is 4.98 Å². The van der Waals surface area contributed by atoms with Gasteiger partial charge in [0.1, 0.15) is 5.82 Å². The lowest BCUT2D eigenvalue weighted by atomic mass is 10.2. The Morgan fingerprint density at radius 1 is 1.47 bits per heavy atom. The molecule has 0 aliphatic heterocycles. The molecule has 0 amide bonds. The van der Waals surface area contributed by atoms with Gasteiger partial charge in [-0.1, -0.05) is 0 Å². The highest BCUT2D eigenvalue weighted by Gasteiger charge is 2.26. The highest BCUT2D eigenvalue weighted by Crippen LogP contribution is 2.20. The van der Waals surface area contributed by atoms with Gasteiger partial charge >= 0.3 is 6.18 Å². The molecule has 3 nitrogen and oxygen atoms in total. The van der Waals surface area contributed by atoms with E-state index in [1.807, 2.05) is 0 Å². The Labute approximate surface area is 85.5 Å². The van der Waals surface area contributed by atoms with Crippen LogP contribution < -0.4 is 11.1 Å². The Kier molecular flexibility index (Phi) is 3.39. The van der Waals surface area contributed by atoms with Crippen LogP contribution in [0.1, 0.15) is 12.0 Å². The number of hydrogen-bond donors (Lipinski definition) is 2. The minimum absolute atomic E-state index is 0.179. The molecule has 1 heterocycles. The summed E-state index contributed by atoms with van der Waals surface area (Å²) in [4.78, 5) is 3.89. The van der Waals surface area contributed by atoms with Gasteiger partial charge in [0, 0.05) is 6.54 Å². The van der Waals surface area contributed by atoms with Gasteiger partial charge < -0.3 is 11.1 Å². The van der Waals surface area contributed by atoms with Crippen LogP contribution in [0, 0.1) is 6.92 Å². The Hall–Kier alpha value is -1.46. The summed E-state index contributed by atoms with van der Waals surface area (Å²) in [5.41, 5.74) is 6.68. The lowest BCUT2D eigenvalue weighted by Crippen LogP contribution is -2.15. The zero-order valence-electron chi connectivity index (χ0n) is 8.23. The van der Waals surface area contributed by atoms with E-state index in [0.29, 0.717) is 11.5 Å². The molecule has 84 valence electrons. The smallest absolute Gasteiger partial charge is 0.390 e. The maximum atomic E-state index is 11.8. The van der Waals surface area contributed by atoms with E-state index in [4.69, 9.17) is 5.73 Å². The number of nitrogen functional groups attached to an aromatic ring is 1. The van der Waals surface area contributed by atoms with Crippen LogP contribution in [0.4, 0.5) is 24.7 Å². The van der Waals surface area contributed by atoms with Crippen molar-refractivity contribution in [2.24, 2.45) is 0 Å². The van der Waals surface area contributed by atoms with Crippen molar-refractivity contribution >= 4 is 11.5 Å². The van der Waals surface area contributed by atoms with Crippen LogP contribution in [-0.4, -0.2) is 17.7 Å². The van der Waals surface area contributed by atoms with Crippen molar-refractivity contribution in [3.8, 4) is 0 Å². The fourth-order valence-corrected chi connectivity index (χ4v) is 1.10. The normalized spacial score (nSPS) is 11.5. The topological polar surface area (TPSA) is 50.9 Å². The molecular weight excluding hydrogens is 207 g/mol. The van der Waals surface area contributed by atoms with Gasteiger partial charge in [-0.05, 0) is 18.6 Å². The summed E-state index contributed by atoms with van der Waals surface area (Å²) in [6.07, 6.45) is -3.61. The van der Waals surface area contributed by atoms with E-state index in [0.717, 1.165) is 5.56 Å². The number of halogens is 3. The first-order valence-electron chi connectivity index (χ1n) is 4.41. The predicted molar refractivity (Wildman–Crippen MR) is 52.5 cm³/mol. The number of nitrogens with two attached hydrogens (primary N) is 1. The molecule has 1 aromatic rings. The summed E-state index contributed by atoms with van der Waals surface area (Å²) in [6, 6.07) is 1.66. The van der Waals surface area contributed by atoms with Crippen LogP contribution in [0.15, 0.2) is 12.3 Å². The number of pyridine rings is 1. The van der Waals surface area contributed by atoms with Gasteiger partial charge in [0.15, 0.2) is 0 Å². The number of aryl methyl sites for hydroxylation is 1. The minimum Gasteiger partial charge on any atom is -0.397 e. The number of hydrogen-bond acceptors (Lipinski definition) is 3. The lowest BCUT2D eigenvalue weighted by Gasteiger charge is -2.10. The van der Waals surface area contributed by atoms with E-state index in [1.54, 1.807) is 13.0 Å². The maximum absolute atomic E-state index is 11.8. The highest BCUT2D eigenvalue weighted by atomic mass is 19.4. The summed E-state index contributed by atoms with van der Waals surface area (Å²) in [7, 11) is 0. The third-order valence-corrected chi connectivity index (χ3v) is 1.80. The number of alkyl halides is 3. The lowest BCUT2D eigenvalue weighted by molar-refractivity contribution is -0.131. The van der Waals surface area contributed by atoms with Crippen LogP contribution in [0.25, 0.3) is 0 Å². The van der Waals surface area contributed by atoms with Crippen molar-refractivity contribution in [1.29, 1.82) is 0 Å². The molecule has 1 rings (SSSR count). The number of aromatic nitrogens is 1. The second-order valence-corrected chi connectivity index (χ2v) is 3.23. The van der Waals surface area contributed by atoms with Gasteiger partial charge in [-0.3, -0.25) is 0 Å². The summed E-state index contributed by atoms with van der Waals surface area (Å²) >= 11 is 0. The van der Waals surface area contributed by atoms with Gasteiger partial charge in [-0.2, -0.15) is 13.2 Å². The Bertz CT molecular complexity index is 336. The molecular formula is C9H12F3N3. The fraction of sp³-hybridized carbons (Fsp3) is 0.444. The third-order valence-electron chi connectivity index (χ3n) is 1.80. The molecule has 15 heavy (non-hydrogen) atoms. The largest absolute Gasteiger partial charge is 0.397 e. The highest BCUT2D eigenvalue weighted by molar-refractivity contribution is 5.50. The average Bonchev–Trinajstić information content (AvgIpc) is 2.07. The molecule has 0 aromatic carbocycles. The second kappa shape index (κ2) is 4.37. The Balaban J connectivity index is 2.51. The molecule has 0 aliphatic rings. The number of nitrogens with zero attached hydrogens (tertiary/aromatic N) is 1. The van der Waals surface area contributed by atoms with Crippen LogP contribution in [0.5, 0.6) is 0 Å². The molecule has 0 unspecified atom stereocenters. The Morgan fingerprint density at radius 3 is 2.67 bits per heavy atom. The second-order valence-electron chi connectivity index (χ2n) is 3.23. The van der Waals surface area contributed by atoms with Gasteiger partial charge in [0.2, 0.25) is 0 Å². The van der Waals surface area contributed by atoms with Gasteiger partial charge in [-0.25, -0.2) is 4.98 Å². The molecule has 0 saturated carbocycles. The zero-order chi connectivity index (χ0) is 11.5. The summed E-state index contributed by atoms with van der Waals surface area (Å²) in [5, 5.41) is 2.61. The molecule has 0 spiro atoms. The first kappa shape index (κ1) is 11.6. The van der Waals surface area contributed by atoms with Crippen molar-refractivity contribution < 1.29 is 13.2 Å². The standard InChI is InChI=1S/C9H12F3N3/c1-6-4-7(13)5-15-8(6)14-3-2-9(10,11)12/h4-5H,2-3,13H2,1H3,(H,14,15).